The molecule has 0 radical (unpaired) electrons. The van der Waals surface area contributed by atoms with Crippen LogP contribution in [0.5, 0.6) is 0 Å². The van der Waals surface area contributed by atoms with Crippen molar-refractivity contribution in [2.45, 2.75) is 12.5 Å². The van der Waals surface area contributed by atoms with Crippen molar-refractivity contribution in [3.05, 3.63) is 0 Å². The van der Waals surface area contributed by atoms with E-state index in [1.807, 2.05) is 0 Å². The fourth-order valence-electron chi connectivity index (χ4n) is 0.0500. The Kier molecular flexibility index (Phi) is 6.73. The number of hydrogen-bond acceptors (Lipinski definition) is 4. The van der Waals surface area contributed by atoms with E-state index in [4.69, 9.17) is 30.3 Å². The van der Waals surface area contributed by atoms with Crippen molar-refractivity contribution >= 4 is 7.91 Å². The van der Waals surface area contributed by atoms with Crippen LogP contribution in [0.1, 0.15) is 6.92 Å². The van der Waals surface area contributed by atoms with Gasteiger partial charge in [-0.1, -0.05) is 0 Å². The van der Waals surface area contributed by atoms with Crippen LogP contribution in [0.2, 0.25) is 0 Å². The number of nitrogens with two attached hydrogens (primary N) is 1. The van der Waals surface area contributed by atoms with Crippen molar-refractivity contribution in [2.24, 2.45) is 5.73 Å². The Labute approximate surface area is 69.1 Å². The molecule has 0 aliphatic carbocycles. The first-order chi connectivity index (χ1) is 5.12. The largest absolute Gasteiger partial charge is 0.507 e. The van der Waals surface area contributed by atoms with Gasteiger partial charge in [-0.25, -0.2) is 4.57 Å². The first-order valence-corrected chi connectivity index (χ1v) is 4.38. The molecule has 0 amide bonds. The van der Waals surface area contributed by atoms with E-state index in [0.717, 1.165) is 0 Å². The lowest BCUT2D eigenvalue weighted by atomic mass is 10.1. The highest BCUT2D eigenvalue weighted by Crippen LogP contribution is 2.34. The third kappa shape index (κ3) is 22.5. The van der Waals surface area contributed by atoms with Crippen LogP contribution in [0.25, 0.3) is 0 Å². The van der Waals surface area contributed by atoms with Crippen molar-refractivity contribution < 1.29 is 28.8 Å². The fraction of sp³-hybridized carbons (Fsp3) is 1.00. The molecule has 0 aliphatic rings. The Hall–Kier alpha value is -0.0400. The minimum absolute atomic E-state index is 0.177. The predicted octanol–water partition coefficient (Wildman–Crippen LogP) is -1.26. The van der Waals surface area contributed by atoms with Crippen molar-refractivity contribution in [1.82, 2.24) is 0 Å². The number of aliphatic hydroxyl groups is 2. The van der Waals surface area contributed by atoms with E-state index < -0.39 is 13.4 Å². The van der Waals surface area contributed by atoms with Crippen molar-refractivity contribution in [1.29, 1.82) is 0 Å². The predicted molar refractivity (Wildman–Crippen MR) is 39.9 cm³/mol. The third-order valence-electron chi connectivity index (χ3n) is 0.722. The molecule has 0 fully saturated rings. The van der Waals surface area contributed by atoms with Gasteiger partial charge in [0, 0.05) is 0 Å². The second kappa shape index (κ2) is 5.58. The standard InChI is InChI=1S/C4H11NO2.FH2O3P/c1-4(5,2-6)3-7;1-5(2,3)4/h6-7H,2-3,5H2,1H3;(H2,2,3,4). The van der Waals surface area contributed by atoms with Gasteiger partial charge in [0.2, 0.25) is 0 Å². The van der Waals surface area contributed by atoms with Crippen LogP contribution in [0.15, 0.2) is 0 Å². The summed E-state index contributed by atoms with van der Waals surface area (Å²) >= 11 is 0. The van der Waals surface area contributed by atoms with Crippen LogP contribution in [-0.2, 0) is 4.57 Å². The maximum absolute atomic E-state index is 10.4. The quantitative estimate of drug-likeness (QED) is 0.358. The van der Waals surface area contributed by atoms with E-state index >= 15 is 0 Å². The molecule has 0 spiro atoms. The van der Waals surface area contributed by atoms with Gasteiger partial charge in [0.25, 0.3) is 0 Å². The first kappa shape index (κ1) is 14.5. The highest BCUT2D eigenvalue weighted by Gasteiger charge is 2.13. The van der Waals surface area contributed by atoms with E-state index in [0.29, 0.717) is 0 Å². The Balaban J connectivity index is 0. The third-order valence-corrected chi connectivity index (χ3v) is 0.722. The minimum atomic E-state index is -5.14. The SMILES string of the molecule is CC(N)(CO)CO.O=P(O)(O)F. The smallest absolute Gasteiger partial charge is 0.394 e. The van der Waals surface area contributed by atoms with Gasteiger partial charge in [-0.05, 0) is 6.92 Å². The summed E-state index contributed by atoms with van der Waals surface area (Å²) < 4.78 is 19.0. The van der Waals surface area contributed by atoms with Gasteiger partial charge in [-0.15, -0.1) is 4.20 Å². The van der Waals surface area contributed by atoms with Crippen LogP contribution in [0.3, 0.4) is 0 Å². The van der Waals surface area contributed by atoms with Crippen molar-refractivity contribution in [2.75, 3.05) is 13.2 Å². The van der Waals surface area contributed by atoms with Crippen LogP contribution in [0, 0.1) is 0 Å². The van der Waals surface area contributed by atoms with Gasteiger partial charge in [0.15, 0.2) is 0 Å². The molecule has 8 heteroatoms. The zero-order valence-electron chi connectivity index (χ0n) is 6.51. The summed E-state index contributed by atoms with van der Waals surface area (Å²) in [7, 11) is -5.14. The molecule has 0 rings (SSSR count). The Bertz CT molecular complexity index is 143. The summed E-state index contributed by atoms with van der Waals surface area (Å²) in [4.78, 5) is 13.9. The molecule has 0 saturated heterocycles. The lowest BCUT2D eigenvalue weighted by molar-refractivity contribution is 0.134. The molecule has 0 unspecified atom stereocenters. The zero-order valence-corrected chi connectivity index (χ0v) is 7.41. The molecule has 6 nitrogen and oxygen atoms in total. The summed E-state index contributed by atoms with van der Waals surface area (Å²) in [5, 5.41) is 16.6. The molecule has 0 aromatic carbocycles. The van der Waals surface area contributed by atoms with E-state index in [1.54, 1.807) is 6.92 Å². The average molecular weight is 205 g/mol. The lowest BCUT2D eigenvalue weighted by Crippen LogP contribution is -2.43. The van der Waals surface area contributed by atoms with Crippen LogP contribution in [0.4, 0.5) is 4.20 Å². The van der Waals surface area contributed by atoms with E-state index in [9.17, 15) is 4.20 Å². The number of aliphatic hydroxyl groups excluding tert-OH is 2. The van der Waals surface area contributed by atoms with Crippen LogP contribution >= 0.6 is 7.91 Å². The van der Waals surface area contributed by atoms with E-state index in [-0.39, 0.29) is 13.2 Å². The highest BCUT2D eigenvalue weighted by molar-refractivity contribution is 7.45. The highest BCUT2D eigenvalue weighted by atomic mass is 31.2. The van der Waals surface area contributed by atoms with E-state index in [1.165, 1.54) is 0 Å². The number of hydrogen-bond donors (Lipinski definition) is 5. The fourth-order valence-corrected chi connectivity index (χ4v) is 0.0500. The van der Waals surface area contributed by atoms with Gasteiger partial charge in [-0.3, -0.25) is 9.79 Å². The Morgan fingerprint density at radius 3 is 1.58 bits per heavy atom. The Morgan fingerprint density at radius 1 is 1.42 bits per heavy atom. The molecule has 76 valence electrons. The second-order valence-electron chi connectivity index (χ2n) is 2.44. The van der Waals surface area contributed by atoms with Gasteiger partial charge < -0.3 is 15.9 Å². The summed E-state index contributed by atoms with van der Waals surface area (Å²) in [5.74, 6) is 0. The summed E-state index contributed by atoms with van der Waals surface area (Å²) in [6, 6.07) is 0. The molecule has 12 heavy (non-hydrogen) atoms. The Morgan fingerprint density at radius 2 is 1.58 bits per heavy atom. The molecule has 0 saturated carbocycles. The van der Waals surface area contributed by atoms with Crippen LogP contribution < -0.4 is 5.73 Å². The molecule has 0 aliphatic heterocycles. The summed E-state index contributed by atoms with van der Waals surface area (Å²) in [5.41, 5.74) is 4.41. The monoisotopic (exact) mass is 205 g/mol. The maximum atomic E-state index is 10.4. The van der Waals surface area contributed by atoms with Gasteiger partial charge in [0.1, 0.15) is 0 Å². The first-order valence-electron chi connectivity index (χ1n) is 2.88. The zero-order chi connectivity index (χ0) is 10.4. The summed E-state index contributed by atoms with van der Waals surface area (Å²) in [6.07, 6.45) is 0. The number of halogens is 1. The molecule has 0 atom stereocenters. The minimum Gasteiger partial charge on any atom is -0.394 e. The van der Waals surface area contributed by atoms with E-state index in [2.05, 4.69) is 0 Å². The summed E-state index contributed by atoms with van der Waals surface area (Å²) in [6.45, 7) is 1.22. The maximum Gasteiger partial charge on any atom is 0.507 e. The normalized spacial score (nSPS) is 11.9. The van der Waals surface area contributed by atoms with Crippen LogP contribution in [-0.4, -0.2) is 38.8 Å². The lowest BCUT2D eigenvalue weighted by Gasteiger charge is -2.16. The number of rotatable bonds is 2. The molecule has 0 bridgehead atoms. The topological polar surface area (TPSA) is 124 Å². The van der Waals surface area contributed by atoms with Gasteiger partial charge >= 0.3 is 7.91 Å². The molecule has 0 aromatic heterocycles. The molecule has 0 heterocycles. The molecule has 6 N–H and O–H groups in total. The van der Waals surface area contributed by atoms with Gasteiger partial charge in [0.05, 0.1) is 18.8 Å². The second-order valence-corrected chi connectivity index (χ2v) is 3.39. The van der Waals surface area contributed by atoms with Crippen molar-refractivity contribution in [3.63, 3.8) is 0 Å². The molecular formula is C4H13FNO5P. The van der Waals surface area contributed by atoms with Crippen molar-refractivity contribution in [3.8, 4) is 0 Å². The molecular weight excluding hydrogens is 192 g/mol. The average Bonchev–Trinajstić information content (AvgIpc) is 1.85. The molecule has 0 aromatic rings. The van der Waals surface area contributed by atoms with Gasteiger partial charge in [-0.2, -0.15) is 0 Å².